The number of carbonyl (C=O) groups excluding carboxylic acids is 2. The fourth-order valence-corrected chi connectivity index (χ4v) is 3.66. The van der Waals surface area contributed by atoms with E-state index in [1.165, 1.54) is 17.7 Å². The maximum Gasteiger partial charge on any atom is 0.325 e. The minimum absolute atomic E-state index is 0.217. The molecule has 0 saturated heterocycles. The molecule has 0 aliphatic rings. The molecule has 3 rings (SSSR count). The first kappa shape index (κ1) is 18.0. The van der Waals surface area contributed by atoms with E-state index < -0.39 is 17.7 Å². The molecule has 26 heavy (non-hydrogen) atoms. The van der Waals surface area contributed by atoms with Gasteiger partial charge in [-0.15, -0.1) is 0 Å². The molecule has 7 nitrogen and oxygen atoms in total. The number of esters is 1. The van der Waals surface area contributed by atoms with E-state index in [4.69, 9.17) is 0 Å². The van der Waals surface area contributed by atoms with Gasteiger partial charge in [-0.2, -0.15) is 10.1 Å². The van der Waals surface area contributed by atoms with Gasteiger partial charge in [-0.1, -0.05) is 17.4 Å². The summed E-state index contributed by atoms with van der Waals surface area (Å²) in [7, 11) is 1.25. The fraction of sp³-hybridized carbons (Fsp3) is 0.294. The summed E-state index contributed by atoms with van der Waals surface area (Å²) in [5, 5.41) is 4.23. The number of aryl methyl sites for hydroxylation is 2. The Morgan fingerprint density at radius 3 is 2.85 bits per heavy atom. The molecule has 0 bridgehead atoms. The molecule has 0 aliphatic carbocycles. The maximum atomic E-state index is 14.3. The zero-order chi connectivity index (χ0) is 18.8. The lowest BCUT2D eigenvalue weighted by Crippen LogP contribution is -2.23. The molecule has 1 aromatic carbocycles. The molecule has 2 heterocycles. The molecular weight excluding hydrogens is 359 g/mol. The van der Waals surface area contributed by atoms with Crippen molar-refractivity contribution in [1.29, 1.82) is 0 Å². The highest BCUT2D eigenvalue weighted by atomic mass is 32.1. The van der Waals surface area contributed by atoms with Crippen LogP contribution in [0.15, 0.2) is 29.3 Å². The lowest BCUT2D eigenvalue weighted by molar-refractivity contribution is -0.141. The third-order valence-electron chi connectivity index (χ3n) is 3.78. The van der Waals surface area contributed by atoms with Gasteiger partial charge in [0.2, 0.25) is 0 Å². The van der Waals surface area contributed by atoms with Crippen LogP contribution in [0.5, 0.6) is 0 Å². The predicted octanol–water partition coefficient (Wildman–Crippen LogP) is 2.28. The van der Waals surface area contributed by atoms with Crippen LogP contribution in [0.4, 0.5) is 4.39 Å². The summed E-state index contributed by atoms with van der Waals surface area (Å²) in [6.07, 6.45) is 0. The largest absolute Gasteiger partial charge is 0.468 e. The number of rotatable bonds is 4. The highest BCUT2D eigenvalue weighted by Crippen LogP contribution is 2.20. The smallest absolute Gasteiger partial charge is 0.325 e. The topological polar surface area (TPSA) is 78.5 Å². The number of halogens is 1. The van der Waals surface area contributed by atoms with Crippen LogP contribution in [0.2, 0.25) is 0 Å². The molecule has 0 unspecified atom stereocenters. The molecule has 0 atom stereocenters. The minimum atomic E-state index is -0.559. The van der Waals surface area contributed by atoms with E-state index in [0.29, 0.717) is 22.6 Å². The van der Waals surface area contributed by atoms with Crippen molar-refractivity contribution in [2.75, 3.05) is 7.11 Å². The van der Waals surface area contributed by atoms with Gasteiger partial charge in [-0.25, -0.2) is 4.39 Å². The fourth-order valence-electron chi connectivity index (χ4n) is 2.62. The number of methoxy groups -OCH3 is 1. The van der Waals surface area contributed by atoms with E-state index in [1.807, 2.05) is 6.92 Å². The highest BCUT2D eigenvalue weighted by Gasteiger charge is 2.17. The van der Waals surface area contributed by atoms with Crippen molar-refractivity contribution in [3.8, 4) is 0 Å². The summed E-state index contributed by atoms with van der Waals surface area (Å²) in [5.41, 5.74) is 1.26. The number of hydrogen-bond acceptors (Lipinski definition) is 5. The SMILES string of the molecule is CCn1nc(C)cc1C(=O)N=c1sc2cccc(F)c2n1CC(=O)OC. The number of para-hydroxylation sites is 1. The van der Waals surface area contributed by atoms with E-state index in [1.54, 1.807) is 29.8 Å². The zero-order valence-corrected chi connectivity index (χ0v) is 15.3. The predicted molar refractivity (Wildman–Crippen MR) is 94.3 cm³/mol. The summed E-state index contributed by atoms with van der Waals surface area (Å²) in [4.78, 5) is 28.7. The van der Waals surface area contributed by atoms with Crippen molar-refractivity contribution < 1.29 is 18.7 Å². The number of amides is 1. The van der Waals surface area contributed by atoms with E-state index in [2.05, 4.69) is 14.8 Å². The number of benzene rings is 1. The Morgan fingerprint density at radius 2 is 2.15 bits per heavy atom. The van der Waals surface area contributed by atoms with Crippen LogP contribution in [0.25, 0.3) is 10.2 Å². The van der Waals surface area contributed by atoms with Crippen LogP contribution in [0, 0.1) is 12.7 Å². The second-order valence-corrected chi connectivity index (χ2v) is 6.55. The normalized spacial score (nSPS) is 11.9. The summed E-state index contributed by atoms with van der Waals surface area (Å²) >= 11 is 1.13. The third kappa shape index (κ3) is 3.30. The molecule has 0 fully saturated rings. The number of aromatic nitrogens is 3. The van der Waals surface area contributed by atoms with Crippen LogP contribution >= 0.6 is 11.3 Å². The molecule has 1 amide bonds. The minimum Gasteiger partial charge on any atom is -0.468 e. The first-order valence-corrected chi connectivity index (χ1v) is 8.74. The summed E-state index contributed by atoms with van der Waals surface area (Å²) in [6, 6.07) is 6.22. The van der Waals surface area contributed by atoms with E-state index in [-0.39, 0.29) is 16.9 Å². The van der Waals surface area contributed by atoms with Crippen molar-refractivity contribution in [3.05, 3.63) is 46.3 Å². The summed E-state index contributed by atoms with van der Waals surface area (Å²) < 4.78 is 22.5. The molecule has 0 saturated carbocycles. The van der Waals surface area contributed by atoms with Gasteiger partial charge in [0.05, 0.1) is 23.0 Å². The van der Waals surface area contributed by atoms with Gasteiger partial charge in [0.25, 0.3) is 5.91 Å². The molecular formula is C17H17FN4O3S. The highest BCUT2D eigenvalue weighted by molar-refractivity contribution is 7.16. The molecule has 0 aliphatic heterocycles. The van der Waals surface area contributed by atoms with Crippen molar-refractivity contribution in [2.24, 2.45) is 4.99 Å². The first-order chi connectivity index (χ1) is 12.4. The average molecular weight is 376 g/mol. The average Bonchev–Trinajstić information content (AvgIpc) is 3.16. The number of carbonyl (C=O) groups is 2. The number of nitrogens with zero attached hydrogens (tertiary/aromatic N) is 4. The summed E-state index contributed by atoms with van der Waals surface area (Å²) in [6.45, 7) is 3.94. The quantitative estimate of drug-likeness (QED) is 0.655. The maximum absolute atomic E-state index is 14.3. The second-order valence-electron chi connectivity index (χ2n) is 5.54. The molecule has 3 aromatic rings. The second kappa shape index (κ2) is 7.20. The van der Waals surface area contributed by atoms with Crippen molar-refractivity contribution >= 4 is 33.4 Å². The van der Waals surface area contributed by atoms with Crippen LogP contribution in [-0.4, -0.2) is 33.3 Å². The van der Waals surface area contributed by atoms with Crippen molar-refractivity contribution in [1.82, 2.24) is 14.3 Å². The zero-order valence-electron chi connectivity index (χ0n) is 14.5. The van der Waals surface area contributed by atoms with Crippen LogP contribution in [-0.2, 0) is 22.6 Å². The Balaban J connectivity index is 2.18. The molecule has 136 valence electrons. The Kier molecular flexibility index (Phi) is 4.99. The first-order valence-electron chi connectivity index (χ1n) is 7.92. The number of hydrogen-bond donors (Lipinski definition) is 0. The van der Waals surface area contributed by atoms with Crippen molar-refractivity contribution in [3.63, 3.8) is 0 Å². The Hall–Kier alpha value is -2.81. The van der Waals surface area contributed by atoms with Gasteiger partial charge in [0.1, 0.15) is 18.1 Å². The number of fused-ring (bicyclic) bond motifs is 1. The Morgan fingerprint density at radius 1 is 1.38 bits per heavy atom. The lowest BCUT2D eigenvalue weighted by atomic mass is 10.3. The number of thiazole rings is 1. The van der Waals surface area contributed by atoms with Gasteiger partial charge in [0, 0.05) is 6.54 Å². The monoisotopic (exact) mass is 376 g/mol. The molecule has 0 radical (unpaired) electrons. The van der Waals surface area contributed by atoms with Gasteiger partial charge in [0.15, 0.2) is 4.80 Å². The third-order valence-corrected chi connectivity index (χ3v) is 4.83. The summed E-state index contributed by atoms with van der Waals surface area (Å²) in [5.74, 6) is -1.56. The Labute approximate surface area is 152 Å². The van der Waals surface area contributed by atoms with Crippen LogP contribution < -0.4 is 4.80 Å². The molecule has 9 heteroatoms. The van der Waals surface area contributed by atoms with Gasteiger partial charge >= 0.3 is 5.97 Å². The molecule has 0 spiro atoms. The van der Waals surface area contributed by atoms with E-state index in [0.717, 1.165) is 11.3 Å². The molecule has 0 N–H and O–H groups in total. The lowest BCUT2D eigenvalue weighted by Gasteiger charge is -2.04. The van der Waals surface area contributed by atoms with Gasteiger partial charge in [-0.3, -0.25) is 14.3 Å². The van der Waals surface area contributed by atoms with Crippen molar-refractivity contribution in [2.45, 2.75) is 26.9 Å². The van der Waals surface area contributed by atoms with Gasteiger partial charge < -0.3 is 9.30 Å². The standard InChI is InChI=1S/C17H17FN4O3S/c1-4-22-12(8-10(2)20-22)16(24)19-17-21(9-14(23)25-3)15-11(18)6-5-7-13(15)26-17/h5-8H,4,9H2,1-3H3. The van der Waals surface area contributed by atoms with Crippen LogP contribution in [0.3, 0.4) is 0 Å². The number of ether oxygens (including phenoxy) is 1. The van der Waals surface area contributed by atoms with E-state index >= 15 is 0 Å². The van der Waals surface area contributed by atoms with Gasteiger partial charge in [-0.05, 0) is 32.0 Å². The molecule has 2 aromatic heterocycles. The van der Waals surface area contributed by atoms with Crippen LogP contribution in [0.1, 0.15) is 23.1 Å². The van der Waals surface area contributed by atoms with E-state index in [9.17, 15) is 14.0 Å². The Bertz CT molecular complexity index is 1060.